The number of nitrogens with one attached hydrogen (secondary N) is 1. The SMILES string of the molecule is C[C@H](CO)N1C[C@H](C)[C@@H](CN(C)S(=O)(=O)c2cn(C)cn2)Oc2ccc(NC(=O)CCC(F)(F)F)cc2CC1=O. The molecule has 11 nitrogen and oxygen atoms in total. The molecule has 0 spiro atoms. The lowest BCUT2D eigenvalue weighted by molar-refractivity contribution is -0.142. The minimum Gasteiger partial charge on any atom is -0.488 e. The number of hydrogen-bond acceptors (Lipinski definition) is 7. The minimum atomic E-state index is -4.47. The van der Waals surface area contributed by atoms with Gasteiger partial charge >= 0.3 is 6.18 Å². The lowest BCUT2D eigenvalue weighted by atomic mass is 10.0. The maximum atomic E-state index is 13.3. The van der Waals surface area contributed by atoms with E-state index in [-0.39, 0.29) is 54.4 Å². The van der Waals surface area contributed by atoms with Gasteiger partial charge in [-0.1, -0.05) is 6.92 Å². The first-order valence-corrected chi connectivity index (χ1v) is 14.1. The van der Waals surface area contributed by atoms with Crippen LogP contribution in [0.25, 0.3) is 0 Å². The molecule has 3 atom stereocenters. The van der Waals surface area contributed by atoms with Crippen LogP contribution in [0, 0.1) is 5.92 Å². The summed E-state index contributed by atoms with van der Waals surface area (Å²) >= 11 is 0. The van der Waals surface area contributed by atoms with E-state index in [0.29, 0.717) is 5.56 Å². The van der Waals surface area contributed by atoms with E-state index in [1.54, 1.807) is 20.9 Å². The zero-order valence-electron chi connectivity index (χ0n) is 22.7. The molecule has 2 aromatic rings. The second-order valence-corrected chi connectivity index (χ2v) is 12.0. The van der Waals surface area contributed by atoms with Crippen molar-refractivity contribution < 1.29 is 41.0 Å². The summed E-state index contributed by atoms with van der Waals surface area (Å²) in [5.74, 6) is -1.29. The lowest BCUT2D eigenvalue weighted by Gasteiger charge is -2.33. The van der Waals surface area contributed by atoms with Gasteiger partial charge in [-0.2, -0.15) is 17.5 Å². The molecule has 2 N–H and O–H groups in total. The third-order valence-corrected chi connectivity index (χ3v) is 8.34. The molecule has 1 aliphatic rings. The molecule has 2 amide bonds. The smallest absolute Gasteiger partial charge is 0.389 e. The predicted octanol–water partition coefficient (Wildman–Crippen LogP) is 2.17. The van der Waals surface area contributed by atoms with Crippen molar-refractivity contribution in [3.8, 4) is 5.75 Å². The maximum absolute atomic E-state index is 13.3. The van der Waals surface area contributed by atoms with Crippen LogP contribution in [0.5, 0.6) is 5.75 Å². The number of halogens is 3. The Morgan fingerprint density at radius 3 is 2.65 bits per heavy atom. The molecule has 0 aliphatic carbocycles. The van der Waals surface area contributed by atoms with Crippen LogP contribution >= 0.6 is 0 Å². The van der Waals surface area contributed by atoms with E-state index >= 15 is 0 Å². The van der Waals surface area contributed by atoms with E-state index in [2.05, 4.69) is 10.3 Å². The van der Waals surface area contributed by atoms with Crippen molar-refractivity contribution in [3.63, 3.8) is 0 Å². The van der Waals surface area contributed by atoms with Crippen LogP contribution in [0.2, 0.25) is 0 Å². The highest BCUT2D eigenvalue weighted by molar-refractivity contribution is 7.89. The number of sulfonamides is 1. The average Bonchev–Trinajstić information content (AvgIpc) is 3.33. The quantitative estimate of drug-likeness (QED) is 0.458. The zero-order valence-corrected chi connectivity index (χ0v) is 23.5. The fourth-order valence-electron chi connectivity index (χ4n) is 4.24. The third kappa shape index (κ3) is 7.95. The standard InChI is InChI=1S/C25H34F3N5O6S/c1-16-11-33(17(2)14-34)24(36)10-18-9-19(30-22(35)7-8-25(26,27)28)5-6-20(18)39-21(16)12-32(4)40(37,38)23-13-31(3)15-29-23/h5-6,9,13,15-17,21,34H,7-8,10-12,14H2,1-4H3,(H,30,35)/t16-,17+,21+/m0/s1. The highest BCUT2D eigenvalue weighted by Crippen LogP contribution is 2.30. The number of rotatable bonds is 9. The Kier molecular flexibility index (Phi) is 9.85. The van der Waals surface area contributed by atoms with Crippen molar-refractivity contribution in [3.05, 3.63) is 36.3 Å². The summed E-state index contributed by atoms with van der Waals surface area (Å²) in [5, 5.41) is 12.0. The molecule has 1 aliphatic heterocycles. The van der Waals surface area contributed by atoms with Gasteiger partial charge in [-0.05, 0) is 25.1 Å². The molecular formula is C25H34F3N5O6S. The number of aliphatic hydroxyl groups is 1. The second kappa shape index (κ2) is 12.6. The van der Waals surface area contributed by atoms with E-state index in [9.17, 15) is 36.3 Å². The molecule has 0 fully saturated rings. The Labute approximate surface area is 231 Å². The van der Waals surface area contributed by atoms with Crippen molar-refractivity contribution in [1.82, 2.24) is 18.8 Å². The predicted molar refractivity (Wildman–Crippen MR) is 139 cm³/mol. The van der Waals surface area contributed by atoms with Crippen LogP contribution in [0.4, 0.5) is 18.9 Å². The first-order valence-electron chi connectivity index (χ1n) is 12.6. The Balaban J connectivity index is 1.92. The molecule has 0 saturated heterocycles. The van der Waals surface area contributed by atoms with Crippen molar-refractivity contribution in [1.29, 1.82) is 0 Å². The number of alkyl halides is 3. The molecule has 0 radical (unpaired) electrons. The number of anilines is 1. The van der Waals surface area contributed by atoms with E-state index in [1.165, 1.54) is 47.2 Å². The van der Waals surface area contributed by atoms with Gasteiger partial charge in [0.15, 0.2) is 5.03 Å². The van der Waals surface area contributed by atoms with Crippen LogP contribution in [-0.4, -0.2) is 89.2 Å². The monoisotopic (exact) mass is 589 g/mol. The summed E-state index contributed by atoms with van der Waals surface area (Å²) in [5.41, 5.74) is 0.533. The average molecular weight is 590 g/mol. The van der Waals surface area contributed by atoms with Gasteiger partial charge in [-0.15, -0.1) is 0 Å². The number of nitrogens with zero attached hydrogens (tertiary/aromatic N) is 4. The number of aryl methyl sites for hydroxylation is 1. The lowest BCUT2D eigenvalue weighted by Crippen LogP contribution is -2.48. The minimum absolute atomic E-state index is 0.0923. The van der Waals surface area contributed by atoms with Crippen molar-refractivity contribution in [2.45, 2.75) is 56.5 Å². The number of aromatic nitrogens is 2. The van der Waals surface area contributed by atoms with Gasteiger partial charge in [0.1, 0.15) is 11.9 Å². The van der Waals surface area contributed by atoms with Gasteiger partial charge < -0.3 is 24.6 Å². The van der Waals surface area contributed by atoms with E-state index in [4.69, 9.17) is 4.74 Å². The largest absolute Gasteiger partial charge is 0.488 e. The zero-order chi connectivity index (χ0) is 29.8. The summed E-state index contributed by atoms with van der Waals surface area (Å²) in [6, 6.07) is 3.83. The number of hydrogen-bond donors (Lipinski definition) is 2. The van der Waals surface area contributed by atoms with Crippen LogP contribution in [-0.2, 0) is 33.1 Å². The number of benzene rings is 1. The normalized spacial score (nSPS) is 19.3. The fraction of sp³-hybridized carbons (Fsp3) is 0.560. The number of imidazole rings is 1. The molecule has 1 aromatic carbocycles. The summed E-state index contributed by atoms with van der Waals surface area (Å²) < 4.78 is 72.6. The van der Waals surface area contributed by atoms with Crippen LogP contribution in [0.1, 0.15) is 32.3 Å². The topological polar surface area (TPSA) is 134 Å². The fourth-order valence-corrected chi connectivity index (χ4v) is 5.38. The van der Waals surface area contributed by atoms with Gasteiger partial charge in [-0.3, -0.25) is 9.59 Å². The first-order chi connectivity index (χ1) is 18.6. The number of carbonyl (C=O) groups excluding carboxylic acids is 2. The van der Waals surface area contributed by atoms with Gasteiger partial charge in [0, 0.05) is 50.4 Å². The number of amides is 2. The number of fused-ring (bicyclic) bond motifs is 1. The van der Waals surface area contributed by atoms with Crippen molar-refractivity contribution in [2.75, 3.05) is 32.1 Å². The molecule has 40 heavy (non-hydrogen) atoms. The Morgan fingerprint density at radius 2 is 2.05 bits per heavy atom. The summed E-state index contributed by atoms with van der Waals surface area (Å²) in [6.07, 6.45) is -4.67. The van der Waals surface area contributed by atoms with Crippen LogP contribution in [0.15, 0.2) is 35.7 Å². The molecule has 1 aromatic heterocycles. The van der Waals surface area contributed by atoms with Crippen LogP contribution < -0.4 is 10.1 Å². The molecular weight excluding hydrogens is 555 g/mol. The van der Waals surface area contributed by atoms with Crippen molar-refractivity contribution >= 4 is 27.5 Å². The summed E-state index contributed by atoms with van der Waals surface area (Å²) in [6.45, 7) is 3.24. The van der Waals surface area contributed by atoms with Crippen LogP contribution in [0.3, 0.4) is 0 Å². The molecule has 0 unspecified atom stereocenters. The molecule has 0 saturated carbocycles. The second-order valence-electron chi connectivity index (χ2n) is 10.0. The Hall–Kier alpha value is -3.17. The van der Waals surface area contributed by atoms with Gasteiger partial charge in [0.2, 0.25) is 11.8 Å². The number of likely N-dealkylation sites (N-methyl/N-ethyl adjacent to an activating group) is 1. The van der Waals surface area contributed by atoms with E-state index in [1.807, 2.05) is 0 Å². The summed E-state index contributed by atoms with van der Waals surface area (Å²) in [7, 11) is -0.915. The number of ether oxygens (including phenoxy) is 1. The van der Waals surface area contributed by atoms with E-state index in [0.717, 1.165) is 4.31 Å². The Morgan fingerprint density at radius 1 is 1.35 bits per heavy atom. The Bertz CT molecular complexity index is 1320. The summed E-state index contributed by atoms with van der Waals surface area (Å²) in [4.78, 5) is 30.8. The maximum Gasteiger partial charge on any atom is 0.389 e. The van der Waals surface area contributed by atoms with Crippen molar-refractivity contribution in [2.24, 2.45) is 13.0 Å². The third-order valence-electron chi connectivity index (χ3n) is 6.63. The highest BCUT2D eigenvalue weighted by atomic mass is 32.2. The molecule has 15 heteroatoms. The van der Waals surface area contributed by atoms with Gasteiger partial charge in [-0.25, -0.2) is 13.4 Å². The van der Waals surface area contributed by atoms with E-state index < -0.39 is 47.1 Å². The number of aliphatic hydroxyl groups excluding tert-OH is 1. The molecule has 2 heterocycles. The molecule has 222 valence electrons. The number of carbonyl (C=O) groups is 2. The van der Waals surface area contributed by atoms with Gasteiger partial charge in [0.25, 0.3) is 10.0 Å². The highest BCUT2D eigenvalue weighted by Gasteiger charge is 2.34. The molecule has 3 rings (SSSR count). The first kappa shape index (κ1) is 31.4. The van der Waals surface area contributed by atoms with Gasteiger partial charge in [0.05, 0.1) is 38.4 Å². The molecule has 0 bridgehead atoms.